The molecule has 82 valence electrons. The largest absolute Gasteiger partial charge is 0.493 e. The minimum absolute atomic E-state index is 0.826. The van der Waals surface area contributed by atoms with Gasteiger partial charge in [0.05, 0.1) is 6.61 Å². The average molecular weight is 270 g/mol. The first-order chi connectivity index (χ1) is 7.31. The molecule has 0 bridgehead atoms. The molecular formula is C12H16BrNO. The highest BCUT2D eigenvalue weighted by atomic mass is 79.9. The van der Waals surface area contributed by atoms with Crippen molar-refractivity contribution in [1.29, 1.82) is 0 Å². The lowest BCUT2D eigenvalue weighted by Crippen LogP contribution is -2.14. The van der Waals surface area contributed by atoms with Crippen LogP contribution in [-0.2, 0) is 13.0 Å². The monoisotopic (exact) mass is 269 g/mol. The number of hydrogen-bond acceptors (Lipinski definition) is 2. The van der Waals surface area contributed by atoms with Crippen LogP contribution in [0.3, 0.4) is 0 Å². The molecule has 1 aromatic rings. The van der Waals surface area contributed by atoms with Crippen molar-refractivity contribution in [3.63, 3.8) is 0 Å². The Morgan fingerprint density at radius 1 is 1.47 bits per heavy atom. The first-order valence-electron chi connectivity index (χ1n) is 5.46. The number of benzene rings is 1. The molecule has 3 heteroatoms. The van der Waals surface area contributed by atoms with Crippen LogP contribution in [0.5, 0.6) is 5.75 Å². The van der Waals surface area contributed by atoms with Gasteiger partial charge in [-0.15, -0.1) is 0 Å². The zero-order chi connectivity index (χ0) is 10.7. The molecule has 0 unspecified atom stereocenters. The summed E-state index contributed by atoms with van der Waals surface area (Å²) in [5.41, 5.74) is 2.60. The van der Waals surface area contributed by atoms with Crippen molar-refractivity contribution in [2.24, 2.45) is 0 Å². The topological polar surface area (TPSA) is 21.3 Å². The van der Waals surface area contributed by atoms with E-state index in [1.54, 1.807) is 0 Å². The summed E-state index contributed by atoms with van der Waals surface area (Å²) in [5, 5.41) is 3.41. The molecule has 0 radical (unpaired) electrons. The number of hydrogen-bond donors (Lipinski definition) is 1. The highest BCUT2D eigenvalue weighted by molar-refractivity contribution is 9.10. The molecule has 0 spiro atoms. The zero-order valence-electron chi connectivity index (χ0n) is 8.98. The summed E-state index contributed by atoms with van der Waals surface area (Å²) in [6, 6.07) is 4.30. The van der Waals surface area contributed by atoms with E-state index in [0.717, 1.165) is 42.8 Å². The van der Waals surface area contributed by atoms with Gasteiger partial charge in [-0.05, 0) is 30.7 Å². The first kappa shape index (κ1) is 11.0. The highest BCUT2D eigenvalue weighted by Gasteiger charge is 2.16. The fourth-order valence-electron chi connectivity index (χ4n) is 1.88. The van der Waals surface area contributed by atoms with Crippen molar-refractivity contribution in [2.75, 3.05) is 13.2 Å². The third-order valence-corrected chi connectivity index (χ3v) is 3.03. The normalized spacial score (nSPS) is 13.7. The molecule has 0 atom stereocenters. The van der Waals surface area contributed by atoms with Crippen molar-refractivity contribution >= 4 is 15.9 Å². The average Bonchev–Trinajstić information content (AvgIpc) is 2.65. The fraction of sp³-hybridized carbons (Fsp3) is 0.500. The van der Waals surface area contributed by atoms with Crippen LogP contribution in [0.25, 0.3) is 0 Å². The van der Waals surface area contributed by atoms with Crippen LogP contribution in [0.4, 0.5) is 0 Å². The molecule has 0 saturated heterocycles. The van der Waals surface area contributed by atoms with Crippen molar-refractivity contribution in [2.45, 2.75) is 26.3 Å². The van der Waals surface area contributed by atoms with Crippen molar-refractivity contribution < 1.29 is 4.74 Å². The van der Waals surface area contributed by atoms with E-state index in [4.69, 9.17) is 4.74 Å². The number of rotatable bonds is 4. The SMILES string of the molecule is CCCNCc1cc(Br)cc2c1OCC2. The van der Waals surface area contributed by atoms with E-state index < -0.39 is 0 Å². The van der Waals surface area contributed by atoms with E-state index in [2.05, 4.69) is 40.3 Å². The minimum Gasteiger partial charge on any atom is -0.493 e. The van der Waals surface area contributed by atoms with Crippen molar-refractivity contribution in [3.05, 3.63) is 27.7 Å². The molecule has 0 saturated carbocycles. The predicted octanol–water partition coefficient (Wildman–Crippen LogP) is 2.88. The van der Waals surface area contributed by atoms with E-state index in [1.165, 1.54) is 11.1 Å². The maximum Gasteiger partial charge on any atom is 0.127 e. The van der Waals surface area contributed by atoms with Gasteiger partial charge in [-0.1, -0.05) is 22.9 Å². The van der Waals surface area contributed by atoms with Crippen LogP contribution in [0.2, 0.25) is 0 Å². The highest BCUT2D eigenvalue weighted by Crippen LogP contribution is 2.32. The van der Waals surface area contributed by atoms with Gasteiger partial charge in [-0.2, -0.15) is 0 Å². The van der Waals surface area contributed by atoms with Gasteiger partial charge in [0.25, 0.3) is 0 Å². The van der Waals surface area contributed by atoms with E-state index in [1.807, 2.05) is 0 Å². The molecule has 15 heavy (non-hydrogen) atoms. The Morgan fingerprint density at radius 2 is 2.33 bits per heavy atom. The van der Waals surface area contributed by atoms with Crippen LogP contribution in [0, 0.1) is 0 Å². The number of nitrogens with one attached hydrogen (secondary N) is 1. The van der Waals surface area contributed by atoms with Gasteiger partial charge in [-0.3, -0.25) is 0 Å². The van der Waals surface area contributed by atoms with Gasteiger partial charge >= 0.3 is 0 Å². The molecule has 0 aromatic heterocycles. The summed E-state index contributed by atoms with van der Waals surface area (Å²) >= 11 is 3.54. The van der Waals surface area contributed by atoms with Gasteiger partial charge in [0, 0.05) is 23.0 Å². The second kappa shape index (κ2) is 4.99. The zero-order valence-corrected chi connectivity index (χ0v) is 10.6. The lowest BCUT2D eigenvalue weighted by Gasteiger charge is -2.09. The summed E-state index contributed by atoms with van der Waals surface area (Å²) in [7, 11) is 0. The maximum atomic E-state index is 5.65. The molecule has 1 aromatic carbocycles. The van der Waals surface area contributed by atoms with E-state index in [0.29, 0.717) is 0 Å². The fourth-order valence-corrected chi connectivity index (χ4v) is 2.43. The summed E-state index contributed by atoms with van der Waals surface area (Å²) in [6.07, 6.45) is 2.20. The summed E-state index contributed by atoms with van der Waals surface area (Å²) in [6.45, 7) is 4.96. The van der Waals surface area contributed by atoms with Crippen LogP contribution in [0.1, 0.15) is 24.5 Å². The van der Waals surface area contributed by atoms with Crippen LogP contribution >= 0.6 is 15.9 Å². The Balaban J connectivity index is 2.15. The Hall–Kier alpha value is -0.540. The summed E-state index contributed by atoms with van der Waals surface area (Å²) in [4.78, 5) is 0. The minimum atomic E-state index is 0.826. The molecule has 1 aliphatic heterocycles. The van der Waals surface area contributed by atoms with Gasteiger partial charge in [-0.25, -0.2) is 0 Å². The molecule has 0 fully saturated rings. The summed E-state index contributed by atoms with van der Waals surface area (Å²) in [5.74, 6) is 1.10. The molecule has 2 nitrogen and oxygen atoms in total. The summed E-state index contributed by atoms with van der Waals surface area (Å²) < 4.78 is 6.81. The van der Waals surface area contributed by atoms with E-state index in [9.17, 15) is 0 Å². The lowest BCUT2D eigenvalue weighted by atomic mass is 10.1. The van der Waals surface area contributed by atoms with Gasteiger partial charge in [0.15, 0.2) is 0 Å². The Kier molecular flexibility index (Phi) is 3.65. The van der Waals surface area contributed by atoms with Gasteiger partial charge in [0.1, 0.15) is 5.75 Å². The second-order valence-corrected chi connectivity index (χ2v) is 4.74. The van der Waals surface area contributed by atoms with E-state index >= 15 is 0 Å². The van der Waals surface area contributed by atoms with E-state index in [-0.39, 0.29) is 0 Å². The Labute approximate surface area is 99.1 Å². The quantitative estimate of drug-likeness (QED) is 0.849. The standard InChI is InChI=1S/C12H16BrNO/c1-2-4-14-8-10-7-11(13)6-9-3-5-15-12(9)10/h6-7,14H,2-5,8H2,1H3. The molecule has 1 N–H and O–H groups in total. The number of ether oxygens (including phenoxy) is 1. The van der Waals surface area contributed by atoms with Gasteiger partial charge in [0.2, 0.25) is 0 Å². The Bertz CT molecular complexity index is 352. The maximum absolute atomic E-state index is 5.65. The third kappa shape index (κ3) is 2.52. The third-order valence-electron chi connectivity index (χ3n) is 2.57. The molecule has 0 amide bonds. The molecule has 1 heterocycles. The molecule has 0 aliphatic carbocycles. The molecule has 2 rings (SSSR count). The van der Waals surface area contributed by atoms with Crippen LogP contribution in [0.15, 0.2) is 16.6 Å². The first-order valence-corrected chi connectivity index (χ1v) is 6.25. The smallest absolute Gasteiger partial charge is 0.127 e. The predicted molar refractivity (Wildman–Crippen MR) is 65.3 cm³/mol. The van der Waals surface area contributed by atoms with Gasteiger partial charge < -0.3 is 10.1 Å². The second-order valence-electron chi connectivity index (χ2n) is 3.83. The van der Waals surface area contributed by atoms with Crippen molar-refractivity contribution in [3.8, 4) is 5.75 Å². The number of halogens is 1. The van der Waals surface area contributed by atoms with Crippen LogP contribution < -0.4 is 10.1 Å². The molecular weight excluding hydrogens is 254 g/mol. The van der Waals surface area contributed by atoms with Crippen LogP contribution in [-0.4, -0.2) is 13.2 Å². The lowest BCUT2D eigenvalue weighted by molar-refractivity contribution is 0.352. The molecule has 1 aliphatic rings. The Morgan fingerprint density at radius 3 is 3.13 bits per heavy atom. The number of fused-ring (bicyclic) bond motifs is 1. The van der Waals surface area contributed by atoms with Crippen molar-refractivity contribution in [1.82, 2.24) is 5.32 Å².